The maximum Gasteiger partial charge on any atom is 0.122 e. The Morgan fingerprint density at radius 1 is 0.750 bits per heavy atom. The van der Waals surface area contributed by atoms with Crippen LogP contribution in [0.15, 0.2) is 36.4 Å². The Morgan fingerprint density at radius 2 is 1.14 bits per heavy atom. The number of para-hydroxylation sites is 2. The maximum atomic E-state index is 10.4. The Labute approximate surface area is 169 Å². The van der Waals surface area contributed by atoms with Gasteiger partial charge in [0.15, 0.2) is 0 Å². The number of phenols is 2. The molecule has 0 bridgehead atoms. The Hall–Kier alpha value is -2.04. The first-order valence-electron chi connectivity index (χ1n) is 10.3. The molecular weight excluding hydrogens is 348 g/mol. The minimum absolute atomic E-state index is 0.416. The fourth-order valence-electron chi connectivity index (χ4n) is 4.59. The second-order valence-corrected chi connectivity index (χ2v) is 8.41. The molecule has 2 N–H and O–H groups in total. The molecule has 2 aromatic carbocycles. The van der Waals surface area contributed by atoms with Crippen molar-refractivity contribution in [2.75, 3.05) is 14.1 Å². The Bertz CT molecular complexity index is 738. The molecule has 2 aromatic rings. The van der Waals surface area contributed by atoms with E-state index in [1.807, 2.05) is 50.2 Å². The molecule has 4 nitrogen and oxygen atoms in total. The van der Waals surface area contributed by atoms with Crippen LogP contribution in [0.5, 0.6) is 11.5 Å². The van der Waals surface area contributed by atoms with Gasteiger partial charge in [-0.15, -0.1) is 0 Å². The molecular formula is C24H34N2O2. The van der Waals surface area contributed by atoms with Crippen LogP contribution in [0.1, 0.15) is 47.9 Å². The van der Waals surface area contributed by atoms with Gasteiger partial charge in [-0.1, -0.05) is 49.2 Å². The summed E-state index contributed by atoms with van der Waals surface area (Å²) in [4.78, 5) is 4.79. The normalized spacial score (nSPS) is 20.1. The third-order valence-corrected chi connectivity index (χ3v) is 6.31. The molecule has 1 saturated carbocycles. The van der Waals surface area contributed by atoms with E-state index in [0.29, 0.717) is 23.6 Å². The molecule has 0 unspecified atom stereocenters. The van der Waals surface area contributed by atoms with Crippen LogP contribution in [0.2, 0.25) is 0 Å². The monoisotopic (exact) mass is 382 g/mol. The lowest BCUT2D eigenvalue weighted by molar-refractivity contribution is 0.0685. The summed E-state index contributed by atoms with van der Waals surface area (Å²) in [7, 11) is 4.34. The van der Waals surface area contributed by atoms with Gasteiger partial charge in [-0.2, -0.15) is 0 Å². The van der Waals surface area contributed by atoms with Gasteiger partial charge >= 0.3 is 0 Å². The number of rotatable bonds is 6. The zero-order valence-corrected chi connectivity index (χ0v) is 17.7. The van der Waals surface area contributed by atoms with E-state index < -0.39 is 0 Å². The van der Waals surface area contributed by atoms with E-state index in [9.17, 15) is 10.2 Å². The molecule has 2 atom stereocenters. The Kier molecular flexibility index (Phi) is 6.63. The second-order valence-electron chi connectivity index (χ2n) is 8.41. The Balaban J connectivity index is 1.73. The number of hydrogen-bond acceptors (Lipinski definition) is 4. The van der Waals surface area contributed by atoms with Crippen LogP contribution in [-0.4, -0.2) is 46.2 Å². The van der Waals surface area contributed by atoms with Crippen molar-refractivity contribution < 1.29 is 10.2 Å². The van der Waals surface area contributed by atoms with E-state index in [4.69, 9.17) is 0 Å². The van der Waals surface area contributed by atoms with Gasteiger partial charge in [-0.25, -0.2) is 0 Å². The van der Waals surface area contributed by atoms with Crippen LogP contribution < -0.4 is 0 Å². The maximum absolute atomic E-state index is 10.4. The van der Waals surface area contributed by atoms with Crippen molar-refractivity contribution in [2.24, 2.45) is 0 Å². The van der Waals surface area contributed by atoms with Crippen LogP contribution in [0.25, 0.3) is 0 Å². The van der Waals surface area contributed by atoms with Crippen LogP contribution >= 0.6 is 0 Å². The predicted molar refractivity (Wildman–Crippen MR) is 115 cm³/mol. The molecule has 0 spiro atoms. The number of likely N-dealkylation sites (N-methyl/N-ethyl adjacent to an activating group) is 2. The molecule has 3 rings (SSSR count). The number of aromatic hydroxyl groups is 2. The molecule has 0 aromatic heterocycles. The zero-order chi connectivity index (χ0) is 20.3. The lowest BCUT2D eigenvalue weighted by atomic mass is 9.87. The van der Waals surface area contributed by atoms with Crippen molar-refractivity contribution in [3.63, 3.8) is 0 Å². The van der Waals surface area contributed by atoms with Crippen molar-refractivity contribution >= 4 is 0 Å². The van der Waals surface area contributed by atoms with Gasteiger partial charge in [-0.3, -0.25) is 9.80 Å². The summed E-state index contributed by atoms with van der Waals surface area (Å²) in [6, 6.07) is 12.8. The van der Waals surface area contributed by atoms with Crippen LogP contribution in [-0.2, 0) is 13.1 Å². The highest BCUT2D eigenvalue weighted by atomic mass is 16.3. The molecule has 0 saturated heterocycles. The molecule has 4 heteroatoms. The van der Waals surface area contributed by atoms with Crippen LogP contribution in [0, 0.1) is 13.8 Å². The van der Waals surface area contributed by atoms with Crippen molar-refractivity contribution in [1.29, 1.82) is 0 Å². The van der Waals surface area contributed by atoms with E-state index >= 15 is 0 Å². The molecule has 28 heavy (non-hydrogen) atoms. The van der Waals surface area contributed by atoms with E-state index in [1.54, 1.807) is 0 Å². The van der Waals surface area contributed by atoms with E-state index in [1.165, 1.54) is 12.8 Å². The van der Waals surface area contributed by atoms with Crippen molar-refractivity contribution in [2.45, 2.75) is 64.7 Å². The van der Waals surface area contributed by atoms with Crippen molar-refractivity contribution in [3.05, 3.63) is 58.7 Å². The van der Waals surface area contributed by atoms with Gasteiger partial charge in [0.05, 0.1) is 0 Å². The number of phenolic OH excluding ortho intramolecular Hbond substituents is 2. The molecule has 0 radical (unpaired) electrons. The zero-order valence-electron chi connectivity index (χ0n) is 17.7. The standard InChI is InChI=1S/C24H34N2O2/c1-17-9-7-11-19(23(17)27)15-25(3)21-13-5-6-14-22(21)26(4)16-20-12-8-10-18(2)24(20)28/h7-12,21-22,27-28H,5-6,13-16H2,1-4H3/t21-,22-/m1/s1. The summed E-state index contributed by atoms with van der Waals surface area (Å²) in [5, 5.41) is 20.8. The van der Waals surface area contributed by atoms with E-state index in [0.717, 1.165) is 48.2 Å². The topological polar surface area (TPSA) is 46.9 Å². The lowest BCUT2D eigenvalue weighted by Gasteiger charge is -2.43. The average Bonchev–Trinajstić information content (AvgIpc) is 2.69. The fourth-order valence-corrected chi connectivity index (χ4v) is 4.59. The quantitative estimate of drug-likeness (QED) is 0.767. The minimum atomic E-state index is 0.416. The first-order valence-corrected chi connectivity index (χ1v) is 10.3. The largest absolute Gasteiger partial charge is 0.507 e. The van der Waals surface area contributed by atoms with Crippen molar-refractivity contribution in [1.82, 2.24) is 9.80 Å². The first-order chi connectivity index (χ1) is 13.4. The summed E-state index contributed by atoms with van der Waals surface area (Å²) in [5.74, 6) is 0.833. The first kappa shape index (κ1) is 20.7. The van der Waals surface area contributed by atoms with E-state index in [2.05, 4.69) is 23.9 Å². The smallest absolute Gasteiger partial charge is 0.122 e. The van der Waals surface area contributed by atoms with Crippen molar-refractivity contribution in [3.8, 4) is 11.5 Å². The molecule has 1 fully saturated rings. The number of aryl methyl sites for hydroxylation is 2. The summed E-state index contributed by atoms with van der Waals surface area (Å²) in [5.41, 5.74) is 3.84. The van der Waals surface area contributed by atoms with Gasteiger partial charge in [0.25, 0.3) is 0 Å². The van der Waals surface area contributed by atoms with Gasteiger partial charge in [-0.05, 0) is 51.9 Å². The lowest BCUT2D eigenvalue weighted by Crippen LogP contribution is -2.50. The van der Waals surface area contributed by atoms with Gasteiger partial charge in [0, 0.05) is 36.3 Å². The van der Waals surface area contributed by atoms with E-state index in [-0.39, 0.29) is 0 Å². The van der Waals surface area contributed by atoms with Gasteiger partial charge in [0.1, 0.15) is 11.5 Å². The van der Waals surface area contributed by atoms with Gasteiger partial charge in [0.2, 0.25) is 0 Å². The predicted octanol–water partition coefficient (Wildman–Crippen LogP) is 4.59. The fraction of sp³-hybridized carbons (Fsp3) is 0.500. The summed E-state index contributed by atoms with van der Waals surface area (Å²) in [6.45, 7) is 5.39. The summed E-state index contributed by atoms with van der Waals surface area (Å²) < 4.78 is 0. The summed E-state index contributed by atoms with van der Waals surface area (Å²) in [6.07, 6.45) is 4.82. The third kappa shape index (κ3) is 4.50. The second kappa shape index (κ2) is 8.97. The number of nitrogens with zero attached hydrogens (tertiary/aromatic N) is 2. The molecule has 0 aliphatic heterocycles. The molecule has 0 amide bonds. The highest BCUT2D eigenvalue weighted by Gasteiger charge is 2.31. The number of benzene rings is 2. The molecule has 1 aliphatic carbocycles. The van der Waals surface area contributed by atoms with Crippen LogP contribution in [0.4, 0.5) is 0 Å². The minimum Gasteiger partial charge on any atom is -0.507 e. The van der Waals surface area contributed by atoms with Gasteiger partial charge < -0.3 is 10.2 Å². The molecule has 1 aliphatic rings. The summed E-state index contributed by atoms with van der Waals surface area (Å²) >= 11 is 0. The Morgan fingerprint density at radius 3 is 1.54 bits per heavy atom. The SMILES string of the molecule is Cc1cccc(CN(C)[C@@H]2CCCC[C@H]2N(C)Cc2cccc(C)c2O)c1O. The van der Waals surface area contributed by atoms with Crippen LogP contribution in [0.3, 0.4) is 0 Å². The highest BCUT2D eigenvalue weighted by molar-refractivity contribution is 5.40. The third-order valence-electron chi connectivity index (χ3n) is 6.31. The average molecular weight is 383 g/mol. The molecule has 0 heterocycles. The molecule has 152 valence electrons. The number of hydrogen-bond donors (Lipinski definition) is 2. The highest BCUT2D eigenvalue weighted by Crippen LogP contribution is 2.31.